The Kier molecular flexibility index (Phi) is 2.98. The summed E-state index contributed by atoms with van der Waals surface area (Å²) in [6.07, 6.45) is 5.55. The Balaban J connectivity index is 1.63. The van der Waals surface area contributed by atoms with Crippen LogP contribution < -0.4 is 0 Å². The molecule has 102 valence electrons. The van der Waals surface area contributed by atoms with Crippen LogP contribution >= 0.6 is 0 Å². The molecule has 4 heterocycles. The molecule has 0 amide bonds. The first-order valence-electron chi connectivity index (χ1n) is 7.00. The Morgan fingerprint density at radius 3 is 3.05 bits per heavy atom. The van der Waals surface area contributed by atoms with E-state index in [4.69, 9.17) is 14.5 Å². The SMILES string of the molecule is c1cc2c(cn1)CC(c1ccc3c(n1)CCOC3)OC2. The molecular weight excluding hydrogens is 252 g/mol. The van der Waals surface area contributed by atoms with E-state index in [-0.39, 0.29) is 6.10 Å². The Labute approximate surface area is 117 Å². The van der Waals surface area contributed by atoms with Gasteiger partial charge in [-0.25, -0.2) is 0 Å². The van der Waals surface area contributed by atoms with Gasteiger partial charge in [0.15, 0.2) is 0 Å². The van der Waals surface area contributed by atoms with Crippen LogP contribution in [0.15, 0.2) is 30.6 Å². The number of hydrogen-bond donors (Lipinski definition) is 0. The summed E-state index contributed by atoms with van der Waals surface area (Å²) in [4.78, 5) is 8.99. The van der Waals surface area contributed by atoms with Gasteiger partial charge in [0.25, 0.3) is 0 Å². The summed E-state index contributed by atoms with van der Waals surface area (Å²) in [5.41, 5.74) is 5.90. The standard InChI is InChI=1S/C16H16N2O2/c1-2-15(18-14-4-6-19-9-12(1)14)16-7-13-8-17-5-3-11(13)10-20-16/h1-3,5,8,16H,4,6-7,9-10H2. The van der Waals surface area contributed by atoms with Gasteiger partial charge < -0.3 is 9.47 Å². The fourth-order valence-corrected chi connectivity index (χ4v) is 2.84. The molecule has 1 unspecified atom stereocenters. The molecule has 2 aromatic rings. The van der Waals surface area contributed by atoms with Crippen LogP contribution in [-0.4, -0.2) is 16.6 Å². The zero-order valence-electron chi connectivity index (χ0n) is 11.2. The predicted octanol–water partition coefficient (Wildman–Crippen LogP) is 2.36. The zero-order valence-corrected chi connectivity index (χ0v) is 11.2. The van der Waals surface area contributed by atoms with Gasteiger partial charge in [-0.1, -0.05) is 6.07 Å². The number of ether oxygens (including phenoxy) is 2. The first-order valence-corrected chi connectivity index (χ1v) is 7.00. The molecule has 4 rings (SSSR count). The zero-order chi connectivity index (χ0) is 13.4. The maximum Gasteiger partial charge on any atom is 0.104 e. The minimum atomic E-state index is 0.0415. The second kappa shape index (κ2) is 4.96. The van der Waals surface area contributed by atoms with Crippen LogP contribution in [0.1, 0.15) is 34.2 Å². The van der Waals surface area contributed by atoms with Gasteiger partial charge >= 0.3 is 0 Å². The van der Waals surface area contributed by atoms with Crippen molar-refractivity contribution in [1.29, 1.82) is 0 Å². The summed E-state index contributed by atoms with van der Waals surface area (Å²) < 4.78 is 11.4. The molecule has 2 aliphatic heterocycles. The molecule has 0 spiro atoms. The first kappa shape index (κ1) is 12.0. The van der Waals surface area contributed by atoms with Crippen molar-refractivity contribution in [3.63, 3.8) is 0 Å². The van der Waals surface area contributed by atoms with Crippen molar-refractivity contribution in [2.45, 2.75) is 32.2 Å². The third-order valence-electron chi connectivity index (χ3n) is 4.01. The maximum absolute atomic E-state index is 5.96. The van der Waals surface area contributed by atoms with E-state index in [9.17, 15) is 0 Å². The molecule has 0 fully saturated rings. The van der Waals surface area contributed by atoms with E-state index in [2.05, 4.69) is 17.1 Å². The Hall–Kier alpha value is -1.78. The van der Waals surface area contributed by atoms with Crippen molar-refractivity contribution in [1.82, 2.24) is 9.97 Å². The molecule has 20 heavy (non-hydrogen) atoms. The van der Waals surface area contributed by atoms with Crippen LogP contribution in [0.5, 0.6) is 0 Å². The lowest BCUT2D eigenvalue weighted by atomic mass is 9.98. The molecule has 2 aromatic heterocycles. The molecule has 0 saturated heterocycles. The molecule has 0 N–H and O–H groups in total. The lowest BCUT2D eigenvalue weighted by molar-refractivity contribution is 0.0241. The number of hydrogen-bond acceptors (Lipinski definition) is 4. The summed E-state index contributed by atoms with van der Waals surface area (Å²) in [5.74, 6) is 0. The molecule has 2 aliphatic rings. The summed E-state index contributed by atoms with van der Waals surface area (Å²) in [7, 11) is 0. The number of rotatable bonds is 1. The highest BCUT2D eigenvalue weighted by Crippen LogP contribution is 2.30. The number of nitrogens with zero attached hydrogens (tertiary/aromatic N) is 2. The average molecular weight is 268 g/mol. The van der Waals surface area contributed by atoms with Crippen LogP contribution in [-0.2, 0) is 35.5 Å². The molecule has 4 nitrogen and oxygen atoms in total. The topological polar surface area (TPSA) is 44.2 Å². The fourth-order valence-electron chi connectivity index (χ4n) is 2.84. The summed E-state index contributed by atoms with van der Waals surface area (Å²) in [6, 6.07) is 6.22. The highest BCUT2D eigenvalue weighted by molar-refractivity contribution is 5.29. The van der Waals surface area contributed by atoms with Crippen molar-refractivity contribution in [2.24, 2.45) is 0 Å². The van der Waals surface area contributed by atoms with E-state index >= 15 is 0 Å². The lowest BCUT2D eigenvalue weighted by Crippen LogP contribution is -2.19. The second-order valence-electron chi connectivity index (χ2n) is 5.29. The van der Waals surface area contributed by atoms with Crippen LogP contribution in [0.4, 0.5) is 0 Å². The summed E-state index contributed by atoms with van der Waals surface area (Å²) >= 11 is 0. The summed E-state index contributed by atoms with van der Waals surface area (Å²) in [5, 5.41) is 0. The molecule has 0 aliphatic carbocycles. The molecular formula is C16H16N2O2. The van der Waals surface area contributed by atoms with E-state index in [0.717, 1.165) is 30.8 Å². The Morgan fingerprint density at radius 1 is 1.05 bits per heavy atom. The summed E-state index contributed by atoms with van der Waals surface area (Å²) in [6.45, 7) is 2.09. The molecule has 0 radical (unpaired) electrons. The number of fused-ring (bicyclic) bond motifs is 2. The minimum absolute atomic E-state index is 0.0415. The third-order valence-corrected chi connectivity index (χ3v) is 4.01. The van der Waals surface area contributed by atoms with Gasteiger partial charge in [-0.15, -0.1) is 0 Å². The van der Waals surface area contributed by atoms with E-state index in [1.807, 2.05) is 18.5 Å². The molecule has 4 heteroatoms. The lowest BCUT2D eigenvalue weighted by Gasteiger charge is -2.25. The molecule has 0 bridgehead atoms. The predicted molar refractivity (Wildman–Crippen MR) is 73.1 cm³/mol. The van der Waals surface area contributed by atoms with Crippen LogP contribution in [0.2, 0.25) is 0 Å². The number of aromatic nitrogens is 2. The second-order valence-corrected chi connectivity index (χ2v) is 5.29. The smallest absolute Gasteiger partial charge is 0.104 e. The normalized spacial score (nSPS) is 21.1. The molecule has 0 saturated carbocycles. The highest BCUT2D eigenvalue weighted by Gasteiger charge is 2.23. The van der Waals surface area contributed by atoms with Gasteiger partial charge in [0.1, 0.15) is 6.10 Å². The highest BCUT2D eigenvalue weighted by atomic mass is 16.5. The van der Waals surface area contributed by atoms with Crippen LogP contribution in [0.3, 0.4) is 0 Å². The van der Waals surface area contributed by atoms with Gasteiger partial charge in [-0.2, -0.15) is 0 Å². The average Bonchev–Trinajstić information content (AvgIpc) is 2.54. The van der Waals surface area contributed by atoms with Crippen LogP contribution in [0, 0.1) is 0 Å². The van der Waals surface area contributed by atoms with Crippen molar-refractivity contribution in [2.75, 3.05) is 6.61 Å². The van der Waals surface area contributed by atoms with Gasteiger partial charge in [-0.05, 0) is 28.8 Å². The Bertz CT molecular complexity index is 642. The largest absolute Gasteiger partial charge is 0.376 e. The van der Waals surface area contributed by atoms with Crippen LogP contribution in [0.25, 0.3) is 0 Å². The fraction of sp³-hybridized carbons (Fsp3) is 0.375. The van der Waals surface area contributed by atoms with Crippen molar-refractivity contribution >= 4 is 0 Å². The first-order chi connectivity index (χ1) is 9.90. The van der Waals surface area contributed by atoms with Gasteiger partial charge in [0.2, 0.25) is 0 Å². The van der Waals surface area contributed by atoms with Crippen molar-refractivity contribution in [3.05, 3.63) is 58.7 Å². The monoisotopic (exact) mass is 268 g/mol. The molecule has 1 atom stereocenters. The van der Waals surface area contributed by atoms with Crippen molar-refractivity contribution < 1.29 is 9.47 Å². The minimum Gasteiger partial charge on any atom is -0.376 e. The third kappa shape index (κ3) is 2.11. The Morgan fingerprint density at radius 2 is 2.05 bits per heavy atom. The van der Waals surface area contributed by atoms with E-state index < -0.39 is 0 Å². The number of pyridine rings is 2. The van der Waals surface area contributed by atoms with Gasteiger partial charge in [-0.3, -0.25) is 9.97 Å². The van der Waals surface area contributed by atoms with E-state index in [1.165, 1.54) is 16.7 Å². The molecule has 0 aromatic carbocycles. The van der Waals surface area contributed by atoms with E-state index in [0.29, 0.717) is 13.2 Å². The van der Waals surface area contributed by atoms with Crippen molar-refractivity contribution in [3.8, 4) is 0 Å². The van der Waals surface area contributed by atoms with Gasteiger partial charge in [0, 0.05) is 30.9 Å². The van der Waals surface area contributed by atoms with Gasteiger partial charge in [0.05, 0.1) is 25.5 Å². The van der Waals surface area contributed by atoms with E-state index in [1.54, 1.807) is 0 Å². The quantitative estimate of drug-likeness (QED) is 0.796. The maximum atomic E-state index is 5.96.